The molecule has 0 aromatic heterocycles. The summed E-state index contributed by atoms with van der Waals surface area (Å²) in [6, 6.07) is 8.99. The van der Waals surface area contributed by atoms with Crippen molar-refractivity contribution in [3.8, 4) is 0 Å². The Morgan fingerprint density at radius 1 is 1.13 bits per heavy atom. The molecule has 39 heavy (non-hydrogen) atoms. The van der Waals surface area contributed by atoms with Crippen molar-refractivity contribution in [2.24, 2.45) is 17.8 Å². The van der Waals surface area contributed by atoms with Gasteiger partial charge in [-0.15, -0.1) is 0 Å². The summed E-state index contributed by atoms with van der Waals surface area (Å²) >= 11 is 0. The van der Waals surface area contributed by atoms with Crippen LogP contribution in [0.2, 0.25) is 0 Å². The number of ether oxygens (including phenoxy) is 5. The SMILES string of the molecule is C=C(C)[C@@]12O[C@@]3(c4ccccc4)O[C@@H]1C1[C@@H]4O[C@]4(CO)[C@@H](O)[C@]4(O)C(=O)C(C)=CC4C1(O3)[C@H](C)[C@H]2OC(C)=O. The van der Waals surface area contributed by atoms with E-state index < -0.39 is 88.9 Å². The van der Waals surface area contributed by atoms with Crippen LogP contribution >= 0.6 is 0 Å². The molecule has 3 saturated heterocycles. The molecular weight excluding hydrogens is 508 g/mol. The molecule has 10 nitrogen and oxygen atoms in total. The van der Waals surface area contributed by atoms with Crippen LogP contribution in [-0.2, 0) is 39.2 Å². The zero-order valence-electron chi connectivity index (χ0n) is 22.1. The molecule has 3 bridgehead atoms. The molecule has 6 aliphatic rings. The van der Waals surface area contributed by atoms with Crippen LogP contribution in [0, 0.1) is 17.8 Å². The van der Waals surface area contributed by atoms with Crippen molar-refractivity contribution in [1.29, 1.82) is 0 Å². The second-order valence-corrected chi connectivity index (χ2v) is 12.0. The van der Waals surface area contributed by atoms with Crippen molar-refractivity contribution < 1.29 is 48.6 Å². The lowest BCUT2D eigenvalue weighted by Crippen LogP contribution is -2.76. The highest BCUT2D eigenvalue weighted by Crippen LogP contribution is 2.74. The molecule has 7 rings (SSSR count). The summed E-state index contributed by atoms with van der Waals surface area (Å²) in [6.45, 7) is 10.0. The van der Waals surface area contributed by atoms with Crippen LogP contribution in [0.4, 0.5) is 0 Å². The van der Waals surface area contributed by atoms with E-state index in [4.69, 9.17) is 23.7 Å². The van der Waals surface area contributed by atoms with E-state index in [1.165, 1.54) is 6.92 Å². The Morgan fingerprint density at radius 2 is 1.82 bits per heavy atom. The lowest BCUT2D eigenvalue weighted by Gasteiger charge is -2.61. The smallest absolute Gasteiger partial charge is 0.314 e. The number of fused-ring (bicyclic) bond motifs is 3. The van der Waals surface area contributed by atoms with Gasteiger partial charge in [0.25, 0.3) is 0 Å². The van der Waals surface area contributed by atoms with E-state index in [-0.39, 0.29) is 5.57 Å². The lowest BCUT2D eigenvalue weighted by atomic mass is 9.53. The van der Waals surface area contributed by atoms with E-state index in [1.54, 1.807) is 44.2 Å². The van der Waals surface area contributed by atoms with E-state index in [9.17, 15) is 24.9 Å². The topological polar surface area (TPSA) is 144 Å². The standard InChI is InChI=1S/C29H32O10/c1-13(2)27-21(35-16(5)31)15(4)28-18-11-14(3)20(32)26(18,34)24(33)25(12-30)22(36-25)19(28)23(27)37-29(38-27,39-28)17-9-7-6-8-10-17/h6-11,15,18-19,21-24,30,33-34H,1,12H2,2-5H3/t15-,18?,19?,21-,22+,23-,24-,25+,26-,27+,28?,29-/m1/s1. The first-order chi connectivity index (χ1) is 18.4. The van der Waals surface area contributed by atoms with Gasteiger partial charge < -0.3 is 39.0 Å². The van der Waals surface area contributed by atoms with Gasteiger partial charge in [-0.25, -0.2) is 0 Å². The fourth-order valence-electron chi connectivity index (χ4n) is 8.49. The van der Waals surface area contributed by atoms with Crippen molar-refractivity contribution in [3.05, 3.63) is 59.7 Å². The first-order valence-corrected chi connectivity index (χ1v) is 13.3. The maximum atomic E-state index is 13.6. The number of esters is 1. The predicted octanol–water partition coefficient (Wildman–Crippen LogP) is 0.874. The summed E-state index contributed by atoms with van der Waals surface area (Å²) < 4.78 is 32.6. The number of carbonyl (C=O) groups is 2. The Bertz CT molecular complexity index is 1340. The number of rotatable bonds is 4. The van der Waals surface area contributed by atoms with Gasteiger partial charge in [0.15, 0.2) is 17.0 Å². The molecule has 3 N–H and O–H groups in total. The van der Waals surface area contributed by atoms with Crippen LogP contribution in [0.3, 0.4) is 0 Å². The highest BCUT2D eigenvalue weighted by atomic mass is 16.9. The van der Waals surface area contributed by atoms with E-state index in [2.05, 4.69) is 6.58 Å². The van der Waals surface area contributed by atoms with Crippen LogP contribution < -0.4 is 0 Å². The summed E-state index contributed by atoms with van der Waals surface area (Å²) in [5.74, 6) is -5.64. The zero-order chi connectivity index (χ0) is 27.9. The summed E-state index contributed by atoms with van der Waals surface area (Å²) in [4.78, 5) is 26.1. The molecule has 1 aromatic carbocycles. The molecule has 0 spiro atoms. The molecule has 3 aliphatic carbocycles. The Hall–Kier alpha value is -2.44. The second kappa shape index (κ2) is 7.44. The zero-order valence-corrected chi connectivity index (χ0v) is 22.1. The Kier molecular flexibility index (Phi) is 4.87. The van der Waals surface area contributed by atoms with Crippen molar-refractivity contribution >= 4 is 11.8 Å². The minimum Gasteiger partial charge on any atom is -0.459 e. The largest absolute Gasteiger partial charge is 0.459 e. The third-order valence-electron chi connectivity index (χ3n) is 10.2. The first-order valence-electron chi connectivity index (χ1n) is 13.3. The van der Waals surface area contributed by atoms with Gasteiger partial charge >= 0.3 is 11.9 Å². The molecule has 3 heterocycles. The molecule has 5 fully saturated rings. The molecule has 12 atom stereocenters. The van der Waals surface area contributed by atoms with Gasteiger partial charge in [-0.3, -0.25) is 9.59 Å². The van der Waals surface area contributed by atoms with Gasteiger partial charge in [0, 0.05) is 30.2 Å². The maximum Gasteiger partial charge on any atom is 0.314 e. The molecule has 208 valence electrons. The quantitative estimate of drug-likeness (QED) is 0.286. The molecule has 1 aromatic rings. The van der Waals surface area contributed by atoms with Gasteiger partial charge in [0.1, 0.15) is 30.0 Å². The molecule has 0 radical (unpaired) electrons. The summed E-state index contributed by atoms with van der Waals surface area (Å²) in [6.07, 6.45) is -2.91. The molecule has 10 heteroatoms. The number of carbonyl (C=O) groups excluding carboxylic acids is 2. The van der Waals surface area contributed by atoms with Crippen molar-refractivity contribution in [3.63, 3.8) is 0 Å². The van der Waals surface area contributed by atoms with Gasteiger partial charge in [-0.1, -0.05) is 49.9 Å². The van der Waals surface area contributed by atoms with Gasteiger partial charge in [-0.2, -0.15) is 0 Å². The molecular formula is C29H32O10. The first kappa shape index (κ1) is 25.5. The minimum atomic E-state index is -2.39. The number of aliphatic hydroxyl groups is 3. The number of hydrogen-bond donors (Lipinski definition) is 3. The molecule has 0 amide bonds. The molecule has 3 aliphatic heterocycles. The van der Waals surface area contributed by atoms with Crippen molar-refractivity contribution in [2.45, 2.75) is 80.5 Å². The third kappa shape index (κ3) is 2.58. The fraction of sp³-hybridized carbons (Fsp3) is 0.586. The average molecular weight is 541 g/mol. The second-order valence-electron chi connectivity index (χ2n) is 12.0. The van der Waals surface area contributed by atoms with E-state index in [1.807, 2.05) is 13.0 Å². The molecule has 2 saturated carbocycles. The maximum absolute atomic E-state index is 13.6. The van der Waals surface area contributed by atoms with Crippen LogP contribution in [0.5, 0.6) is 0 Å². The number of hydrogen-bond acceptors (Lipinski definition) is 10. The highest BCUT2D eigenvalue weighted by Gasteiger charge is 2.90. The van der Waals surface area contributed by atoms with E-state index >= 15 is 0 Å². The lowest BCUT2D eigenvalue weighted by molar-refractivity contribution is -0.440. The Labute approximate surface area is 225 Å². The van der Waals surface area contributed by atoms with Gasteiger partial charge in [0.2, 0.25) is 0 Å². The predicted molar refractivity (Wildman–Crippen MR) is 132 cm³/mol. The van der Waals surface area contributed by atoms with Crippen molar-refractivity contribution in [2.75, 3.05) is 6.61 Å². The average Bonchev–Trinajstić information content (AvgIpc) is 3.53. The van der Waals surface area contributed by atoms with Crippen molar-refractivity contribution in [1.82, 2.24) is 0 Å². The Morgan fingerprint density at radius 3 is 2.44 bits per heavy atom. The summed E-state index contributed by atoms with van der Waals surface area (Å²) in [7, 11) is 0. The van der Waals surface area contributed by atoms with Gasteiger partial charge in [0.05, 0.1) is 12.2 Å². The van der Waals surface area contributed by atoms with E-state index in [0.717, 1.165) is 0 Å². The van der Waals surface area contributed by atoms with E-state index in [0.29, 0.717) is 11.1 Å². The third-order valence-corrected chi connectivity index (χ3v) is 10.2. The number of aliphatic hydroxyl groups excluding tert-OH is 2. The number of benzene rings is 1. The number of ketones is 1. The number of Topliss-reactive ketones (excluding diaryl/α,β-unsaturated/α-hetero) is 1. The monoisotopic (exact) mass is 540 g/mol. The van der Waals surface area contributed by atoms with Crippen LogP contribution in [0.25, 0.3) is 0 Å². The van der Waals surface area contributed by atoms with Crippen LogP contribution in [-0.4, -0.2) is 80.5 Å². The molecule has 3 unspecified atom stereocenters. The summed E-state index contributed by atoms with van der Waals surface area (Å²) in [5, 5.41) is 34.4. The van der Waals surface area contributed by atoms with Crippen LogP contribution in [0.1, 0.15) is 33.3 Å². The number of epoxide rings is 1. The Balaban J connectivity index is 1.57. The van der Waals surface area contributed by atoms with Crippen LogP contribution in [0.15, 0.2) is 54.1 Å². The normalized spacial score (nSPS) is 52.3. The van der Waals surface area contributed by atoms with Gasteiger partial charge in [-0.05, 0) is 25.0 Å². The fourth-order valence-corrected chi connectivity index (χ4v) is 8.49. The highest BCUT2D eigenvalue weighted by molar-refractivity contribution is 6.05. The summed E-state index contributed by atoms with van der Waals surface area (Å²) in [5.41, 5.74) is -5.65. The minimum absolute atomic E-state index is 0.243.